The van der Waals surface area contributed by atoms with Gasteiger partial charge in [0, 0.05) is 12.1 Å². The first-order valence-electron chi connectivity index (χ1n) is 8.60. The predicted molar refractivity (Wildman–Crippen MR) is 104 cm³/mol. The fourth-order valence-corrected chi connectivity index (χ4v) is 2.93. The molecule has 0 aromatic heterocycles. The van der Waals surface area contributed by atoms with Gasteiger partial charge < -0.3 is 10.6 Å². The van der Waals surface area contributed by atoms with Crippen molar-refractivity contribution in [3.05, 3.63) is 71.3 Å². The van der Waals surface area contributed by atoms with Crippen molar-refractivity contribution < 1.29 is 22.8 Å². The molecule has 0 unspecified atom stereocenters. The normalized spacial score (nSPS) is 12.3. The fraction of sp³-hybridized carbons (Fsp3) is 0.300. The van der Waals surface area contributed by atoms with Crippen LogP contribution in [0.4, 0.5) is 13.2 Å². The lowest BCUT2D eigenvalue weighted by Crippen LogP contribution is -2.46. The summed E-state index contributed by atoms with van der Waals surface area (Å²) in [4.78, 5) is 24.8. The van der Waals surface area contributed by atoms with Crippen LogP contribution in [-0.2, 0) is 17.5 Å². The molecular weight excluding hydrogens is 389 g/mol. The van der Waals surface area contributed by atoms with Gasteiger partial charge >= 0.3 is 6.18 Å². The van der Waals surface area contributed by atoms with Crippen LogP contribution in [0.5, 0.6) is 0 Å². The van der Waals surface area contributed by atoms with Crippen molar-refractivity contribution in [3.8, 4) is 0 Å². The van der Waals surface area contributed by atoms with Gasteiger partial charge in [-0.05, 0) is 48.3 Å². The zero-order valence-corrected chi connectivity index (χ0v) is 16.1. The van der Waals surface area contributed by atoms with Gasteiger partial charge in [0.1, 0.15) is 6.04 Å². The Labute approximate surface area is 165 Å². The van der Waals surface area contributed by atoms with Crippen molar-refractivity contribution in [2.75, 3.05) is 12.0 Å². The summed E-state index contributed by atoms with van der Waals surface area (Å²) in [6, 6.07) is 12.4. The van der Waals surface area contributed by atoms with E-state index in [1.165, 1.54) is 12.1 Å². The van der Waals surface area contributed by atoms with Crippen molar-refractivity contribution >= 4 is 23.6 Å². The summed E-state index contributed by atoms with van der Waals surface area (Å²) in [7, 11) is 0. The first-order valence-corrected chi connectivity index (χ1v) is 9.99. The number of alkyl halides is 3. The van der Waals surface area contributed by atoms with Crippen LogP contribution in [0.2, 0.25) is 0 Å². The SMILES string of the molecule is CSCC[C@@H](NC(=O)c1ccccc1)C(=O)NCc1ccc(C(F)(F)F)cc1. The first kappa shape index (κ1) is 21.8. The van der Waals surface area contributed by atoms with Gasteiger partial charge in [-0.2, -0.15) is 24.9 Å². The summed E-state index contributed by atoms with van der Waals surface area (Å²) >= 11 is 1.55. The number of thioether (sulfide) groups is 1. The second-order valence-electron chi connectivity index (χ2n) is 6.09. The van der Waals surface area contributed by atoms with Crippen LogP contribution < -0.4 is 10.6 Å². The fourth-order valence-electron chi connectivity index (χ4n) is 2.46. The monoisotopic (exact) mass is 410 g/mol. The van der Waals surface area contributed by atoms with E-state index in [0.29, 0.717) is 23.3 Å². The molecule has 150 valence electrons. The summed E-state index contributed by atoms with van der Waals surface area (Å²) in [5.74, 6) is -0.0532. The van der Waals surface area contributed by atoms with Crippen LogP contribution in [0, 0.1) is 0 Å². The van der Waals surface area contributed by atoms with E-state index in [2.05, 4.69) is 10.6 Å². The molecule has 2 amide bonds. The highest BCUT2D eigenvalue weighted by atomic mass is 32.2. The van der Waals surface area contributed by atoms with Gasteiger partial charge in [-0.25, -0.2) is 0 Å². The maximum Gasteiger partial charge on any atom is 0.416 e. The second kappa shape index (κ2) is 10.2. The Morgan fingerprint density at radius 1 is 1.04 bits per heavy atom. The molecule has 0 saturated heterocycles. The topological polar surface area (TPSA) is 58.2 Å². The molecule has 0 heterocycles. The standard InChI is InChI=1S/C20H21F3N2O2S/c1-28-12-11-17(25-18(26)15-5-3-2-4-6-15)19(27)24-13-14-7-9-16(10-8-14)20(21,22)23/h2-10,17H,11-13H2,1H3,(H,24,27)(H,25,26)/t17-/m1/s1. The molecule has 2 aromatic carbocycles. The van der Waals surface area contributed by atoms with Gasteiger partial charge in [-0.15, -0.1) is 0 Å². The third-order valence-corrected chi connectivity index (χ3v) is 4.66. The van der Waals surface area contributed by atoms with Crippen LogP contribution >= 0.6 is 11.8 Å². The summed E-state index contributed by atoms with van der Waals surface area (Å²) in [5.41, 5.74) is 0.252. The Bertz CT molecular complexity index is 780. The third kappa shape index (κ3) is 6.60. The van der Waals surface area contributed by atoms with Crippen molar-refractivity contribution in [1.29, 1.82) is 0 Å². The van der Waals surface area contributed by atoms with E-state index in [4.69, 9.17) is 0 Å². The summed E-state index contributed by atoms with van der Waals surface area (Å²) in [6.45, 7) is 0.0773. The number of rotatable bonds is 8. The minimum atomic E-state index is -4.40. The first-order chi connectivity index (χ1) is 13.3. The van der Waals surface area contributed by atoms with Gasteiger partial charge in [0.15, 0.2) is 0 Å². The second-order valence-corrected chi connectivity index (χ2v) is 7.07. The number of carbonyl (C=O) groups excluding carboxylic acids is 2. The number of amides is 2. The number of halogens is 3. The molecule has 4 nitrogen and oxygen atoms in total. The van der Waals surface area contributed by atoms with E-state index in [1.807, 2.05) is 6.26 Å². The minimum absolute atomic E-state index is 0.0773. The smallest absolute Gasteiger partial charge is 0.350 e. The van der Waals surface area contributed by atoms with Gasteiger partial charge in [0.25, 0.3) is 5.91 Å². The Kier molecular flexibility index (Phi) is 7.92. The maximum absolute atomic E-state index is 12.6. The van der Waals surface area contributed by atoms with Crippen LogP contribution in [0.3, 0.4) is 0 Å². The van der Waals surface area contributed by atoms with Crippen LogP contribution in [0.1, 0.15) is 27.9 Å². The average molecular weight is 410 g/mol. The molecule has 0 aliphatic heterocycles. The number of hydrogen-bond donors (Lipinski definition) is 2. The minimum Gasteiger partial charge on any atom is -0.350 e. The Morgan fingerprint density at radius 2 is 1.68 bits per heavy atom. The predicted octanol–water partition coefficient (Wildman–Crippen LogP) is 3.87. The van der Waals surface area contributed by atoms with E-state index in [-0.39, 0.29) is 18.4 Å². The Morgan fingerprint density at radius 3 is 2.25 bits per heavy atom. The molecule has 8 heteroatoms. The molecular formula is C20H21F3N2O2S. The lowest BCUT2D eigenvalue weighted by Gasteiger charge is -2.18. The summed E-state index contributed by atoms with van der Waals surface area (Å²) < 4.78 is 37.8. The Balaban J connectivity index is 1.97. The average Bonchev–Trinajstić information content (AvgIpc) is 2.69. The zero-order valence-electron chi connectivity index (χ0n) is 15.3. The Hall–Kier alpha value is -2.48. The number of carbonyl (C=O) groups is 2. The highest BCUT2D eigenvalue weighted by Crippen LogP contribution is 2.29. The van der Waals surface area contributed by atoms with Crippen LogP contribution in [-0.4, -0.2) is 29.9 Å². The summed E-state index contributed by atoms with van der Waals surface area (Å²) in [5, 5.41) is 5.40. The van der Waals surface area contributed by atoms with E-state index in [0.717, 1.165) is 12.1 Å². The maximum atomic E-state index is 12.6. The number of hydrogen-bond acceptors (Lipinski definition) is 3. The lowest BCUT2D eigenvalue weighted by atomic mass is 10.1. The van der Waals surface area contributed by atoms with Crippen molar-refractivity contribution in [2.24, 2.45) is 0 Å². The third-order valence-electron chi connectivity index (χ3n) is 4.02. The number of benzene rings is 2. The van der Waals surface area contributed by atoms with Gasteiger partial charge in [-0.3, -0.25) is 9.59 Å². The molecule has 0 aliphatic carbocycles. The molecule has 28 heavy (non-hydrogen) atoms. The van der Waals surface area contributed by atoms with E-state index in [1.54, 1.807) is 42.1 Å². The molecule has 2 aromatic rings. The highest BCUT2D eigenvalue weighted by molar-refractivity contribution is 7.98. The van der Waals surface area contributed by atoms with Crippen molar-refractivity contribution in [3.63, 3.8) is 0 Å². The molecule has 1 atom stereocenters. The molecule has 0 spiro atoms. The lowest BCUT2D eigenvalue weighted by molar-refractivity contribution is -0.137. The van der Waals surface area contributed by atoms with E-state index < -0.39 is 17.8 Å². The van der Waals surface area contributed by atoms with Crippen LogP contribution in [0.15, 0.2) is 54.6 Å². The molecule has 2 rings (SSSR count). The van der Waals surface area contributed by atoms with E-state index in [9.17, 15) is 22.8 Å². The number of nitrogens with one attached hydrogen (secondary N) is 2. The van der Waals surface area contributed by atoms with Crippen LogP contribution in [0.25, 0.3) is 0 Å². The zero-order chi connectivity index (χ0) is 20.6. The van der Waals surface area contributed by atoms with Gasteiger partial charge in [-0.1, -0.05) is 30.3 Å². The van der Waals surface area contributed by atoms with Crippen molar-refractivity contribution in [1.82, 2.24) is 10.6 Å². The summed E-state index contributed by atoms with van der Waals surface area (Å²) in [6.07, 6.45) is -2.05. The quantitative estimate of drug-likeness (QED) is 0.695. The largest absolute Gasteiger partial charge is 0.416 e. The van der Waals surface area contributed by atoms with Gasteiger partial charge in [0.2, 0.25) is 5.91 Å². The molecule has 0 saturated carbocycles. The molecule has 2 N–H and O–H groups in total. The van der Waals surface area contributed by atoms with Gasteiger partial charge in [0.05, 0.1) is 5.56 Å². The molecule has 0 bridgehead atoms. The highest BCUT2D eigenvalue weighted by Gasteiger charge is 2.30. The molecule has 0 fully saturated rings. The van der Waals surface area contributed by atoms with E-state index >= 15 is 0 Å². The molecule has 0 aliphatic rings. The molecule has 0 radical (unpaired) electrons. The van der Waals surface area contributed by atoms with Crippen molar-refractivity contribution in [2.45, 2.75) is 25.2 Å².